The quantitative estimate of drug-likeness (QED) is 0.594. The first kappa shape index (κ1) is 10.1. The molecule has 0 aliphatic heterocycles. The molecule has 0 fully saturated rings. The van der Waals surface area contributed by atoms with E-state index in [1.165, 1.54) is 6.21 Å². The fraction of sp³-hybridized carbons (Fsp3) is 0. The molecule has 80 valence electrons. The van der Waals surface area contributed by atoms with E-state index >= 15 is 0 Å². The van der Waals surface area contributed by atoms with Gasteiger partial charge in [0.05, 0.1) is 6.21 Å². The third-order valence-corrected chi connectivity index (χ3v) is 1.91. The molecule has 0 spiro atoms. The molecule has 0 radical (unpaired) electrons. The molecule has 2 rings (SSSR count). The lowest BCUT2D eigenvalue weighted by atomic mass is 10.3. The number of hydrogen-bond acceptors (Lipinski definition) is 3. The molecule has 0 atom stereocenters. The molecule has 0 unspecified atom stereocenters. The van der Waals surface area contributed by atoms with Gasteiger partial charge in [0.15, 0.2) is 0 Å². The lowest BCUT2D eigenvalue weighted by molar-refractivity contribution is 0.0951. The molecule has 1 amide bonds. The molecule has 0 aliphatic rings. The highest BCUT2D eigenvalue weighted by Gasteiger charge is 2.02. The number of pyridine rings is 1. The Labute approximate surface area is 92.2 Å². The standard InChI is InChI=1S/C11H10N4O/c16-11(10-4-2-6-13-10)15-14-8-9-3-1-5-12-7-9/h1-8,13H,(H,15,16)/b14-8-. The third-order valence-electron chi connectivity index (χ3n) is 1.91. The van der Waals surface area contributed by atoms with Crippen LogP contribution in [0.15, 0.2) is 48.0 Å². The molecule has 16 heavy (non-hydrogen) atoms. The number of aromatic amines is 1. The molecule has 0 saturated carbocycles. The summed E-state index contributed by atoms with van der Waals surface area (Å²) in [6.07, 6.45) is 6.55. The van der Waals surface area contributed by atoms with Crippen molar-refractivity contribution in [3.63, 3.8) is 0 Å². The van der Waals surface area contributed by atoms with Crippen LogP contribution in [-0.2, 0) is 0 Å². The van der Waals surface area contributed by atoms with Crippen molar-refractivity contribution in [2.24, 2.45) is 5.10 Å². The van der Waals surface area contributed by atoms with Crippen LogP contribution in [0.3, 0.4) is 0 Å². The number of hydrogen-bond donors (Lipinski definition) is 2. The Morgan fingerprint density at radius 1 is 1.44 bits per heavy atom. The van der Waals surface area contributed by atoms with Crippen LogP contribution < -0.4 is 5.43 Å². The van der Waals surface area contributed by atoms with E-state index in [2.05, 4.69) is 20.5 Å². The van der Waals surface area contributed by atoms with E-state index in [-0.39, 0.29) is 5.91 Å². The molecule has 2 heterocycles. The van der Waals surface area contributed by atoms with E-state index in [0.717, 1.165) is 5.56 Å². The van der Waals surface area contributed by atoms with Crippen molar-refractivity contribution < 1.29 is 4.79 Å². The van der Waals surface area contributed by atoms with Crippen LogP contribution in [0.5, 0.6) is 0 Å². The average molecular weight is 214 g/mol. The summed E-state index contributed by atoms with van der Waals surface area (Å²) in [5, 5.41) is 3.81. The molecular weight excluding hydrogens is 204 g/mol. The van der Waals surface area contributed by atoms with Crippen molar-refractivity contribution in [3.8, 4) is 0 Å². The molecule has 0 saturated heterocycles. The Morgan fingerprint density at radius 2 is 2.38 bits per heavy atom. The van der Waals surface area contributed by atoms with Gasteiger partial charge in [-0.1, -0.05) is 6.07 Å². The van der Waals surface area contributed by atoms with Crippen molar-refractivity contribution in [3.05, 3.63) is 54.1 Å². The molecule has 0 aromatic carbocycles. The zero-order valence-electron chi connectivity index (χ0n) is 8.42. The predicted molar refractivity (Wildman–Crippen MR) is 60.1 cm³/mol. The number of carbonyl (C=O) groups excluding carboxylic acids is 1. The Kier molecular flexibility index (Phi) is 3.08. The fourth-order valence-electron chi connectivity index (χ4n) is 1.15. The molecule has 0 bridgehead atoms. The summed E-state index contributed by atoms with van der Waals surface area (Å²) < 4.78 is 0. The zero-order chi connectivity index (χ0) is 11.2. The van der Waals surface area contributed by atoms with E-state index in [4.69, 9.17) is 0 Å². The number of rotatable bonds is 3. The number of carbonyl (C=O) groups is 1. The average Bonchev–Trinajstić information content (AvgIpc) is 2.84. The highest BCUT2D eigenvalue weighted by molar-refractivity contribution is 5.93. The summed E-state index contributed by atoms with van der Waals surface area (Å²) >= 11 is 0. The minimum absolute atomic E-state index is 0.273. The normalized spacial score (nSPS) is 10.5. The number of amides is 1. The van der Waals surface area contributed by atoms with Crippen LogP contribution >= 0.6 is 0 Å². The number of nitrogens with zero attached hydrogens (tertiary/aromatic N) is 2. The van der Waals surface area contributed by atoms with Gasteiger partial charge in [0, 0.05) is 24.2 Å². The minimum Gasteiger partial charge on any atom is -0.357 e. The maximum Gasteiger partial charge on any atom is 0.287 e. The zero-order valence-corrected chi connectivity index (χ0v) is 8.42. The van der Waals surface area contributed by atoms with Crippen LogP contribution in [0.2, 0.25) is 0 Å². The lowest BCUT2D eigenvalue weighted by Crippen LogP contribution is -2.17. The summed E-state index contributed by atoms with van der Waals surface area (Å²) in [4.78, 5) is 18.1. The lowest BCUT2D eigenvalue weighted by Gasteiger charge is -1.95. The summed E-state index contributed by atoms with van der Waals surface area (Å²) in [6.45, 7) is 0. The van der Waals surface area contributed by atoms with Gasteiger partial charge < -0.3 is 4.98 Å². The van der Waals surface area contributed by atoms with Gasteiger partial charge in [0.1, 0.15) is 5.69 Å². The van der Waals surface area contributed by atoms with Crippen LogP contribution in [-0.4, -0.2) is 22.1 Å². The van der Waals surface area contributed by atoms with Gasteiger partial charge in [-0.05, 0) is 18.2 Å². The molecular formula is C11H10N4O. The molecule has 2 aromatic heterocycles. The minimum atomic E-state index is -0.273. The number of nitrogens with one attached hydrogen (secondary N) is 2. The van der Waals surface area contributed by atoms with Crippen molar-refractivity contribution in [1.82, 2.24) is 15.4 Å². The van der Waals surface area contributed by atoms with E-state index in [1.54, 1.807) is 36.8 Å². The summed E-state index contributed by atoms with van der Waals surface area (Å²) in [6, 6.07) is 7.07. The third kappa shape index (κ3) is 2.54. The van der Waals surface area contributed by atoms with Gasteiger partial charge in [0.2, 0.25) is 0 Å². The van der Waals surface area contributed by atoms with Gasteiger partial charge in [-0.3, -0.25) is 9.78 Å². The first-order valence-corrected chi connectivity index (χ1v) is 4.73. The topological polar surface area (TPSA) is 70.1 Å². The van der Waals surface area contributed by atoms with E-state index < -0.39 is 0 Å². The first-order chi connectivity index (χ1) is 7.86. The Balaban J connectivity index is 1.93. The van der Waals surface area contributed by atoms with Gasteiger partial charge in [-0.15, -0.1) is 0 Å². The van der Waals surface area contributed by atoms with Crippen LogP contribution in [0.25, 0.3) is 0 Å². The van der Waals surface area contributed by atoms with Gasteiger partial charge >= 0.3 is 0 Å². The van der Waals surface area contributed by atoms with E-state index in [9.17, 15) is 4.79 Å². The van der Waals surface area contributed by atoms with Crippen molar-refractivity contribution in [2.75, 3.05) is 0 Å². The van der Waals surface area contributed by atoms with Crippen molar-refractivity contribution in [2.45, 2.75) is 0 Å². The summed E-state index contributed by atoms with van der Waals surface area (Å²) in [5.74, 6) is -0.273. The monoisotopic (exact) mass is 214 g/mol. The second-order valence-corrected chi connectivity index (χ2v) is 3.07. The molecule has 2 N–H and O–H groups in total. The number of aromatic nitrogens is 2. The fourth-order valence-corrected chi connectivity index (χ4v) is 1.15. The van der Waals surface area contributed by atoms with E-state index in [1.807, 2.05) is 6.07 Å². The van der Waals surface area contributed by atoms with Crippen molar-refractivity contribution >= 4 is 12.1 Å². The maximum atomic E-state index is 11.4. The number of hydrazone groups is 1. The highest BCUT2D eigenvalue weighted by atomic mass is 16.2. The van der Waals surface area contributed by atoms with Crippen molar-refractivity contribution in [1.29, 1.82) is 0 Å². The maximum absolute atomic E-state index is 11.4. The van der Waals surface area contributed by atoms with Gasteiger partial charge in [0.25, 0.3) is 5.91 Å². The molecule has 5 nitrogen and oxygen atoms in total. The van der Waals surface area contributed by atoms with E-state index in [0.29, 0.717) is 5.69 Å². The highest BCUT2D eigenvalue weighted by Crippen LogP contribution is 1.94. The van der Waals surface area contributed by atoms with Crippen LogP contribution in [0.4, 0.5) is 0 Å². The molecule has 0 aliphatic carbocycles. The summed E-state index contributed by atoms with van der Waals surface area (Å²) in [7, 11) is 0. The van der Waals surface area contributed by atoms with Gasteiger partial charge in [-0.25, -0.2) is 5.43 Å². The second kappa shape index (κ2) is 4.88. The van der Waals surface area contributed by atoms with Gasteiger partial charge in [-0.2, -0.15) is 5.10 Å². The van der Waals surface area contributed by atoms with Crippen LogP contribution in [0, 0.1) is 0 Å². The first-order valence-electron chi connectivity index (χ1n) is 4.73. The number of H-pyrrole nitrogens is 1. The Bertz CT molecular complexity index is 476. The largest absolute Gasteiger partial charge is 0.357 e. The summed E-state index contributed by atoms with van der Waals surface area (Å²) in [5.41, 5.74) is 3.71. The predicted octanol–water partition coefficient (Wildman–Crippen LogP) is 1.17. The smallest absolute Gasteiger partial charge is 0.287 e. The molecule has 2 aromatic rings. The second-order valence-electron chi connectivity index (χ2n) is 3.07. The SMILES string of the molecule is O=C(N/N=C\c1cccnc1)c1ccc[nH]1. The van der Waals surface area contributed by atoms with Crippen LogP contribution in [0.1, 0.15) is 16.1 Å². The Hall–Kier alpha value is -2.43. The molecule has 5 heteroatoms. The Morgan fingerprint density at radius 3 is 3.06 bits per heavy atom.